The lowest BCUT2D eigenvalue weighted by atomic mass is 10.1. The van der Waals surface area contributed by atoms with E-state index in [2.05, 4.69) is 80.3 Å². The summed E-state index contributed by atoms with van der Waals surface area (Å²) in [7, 11) is 1.79. The zero-order valence-corrected chi connectivity index (χ0v) is 18.6. The second kappa shape index (κ2) is 11.1. The minimum atomic E-state index is 0.301. The Labute approximate surface area is 179 Å². The van der Waals surface area contributed by atoms with Gasteiger partial charge in [0.05, 0.1) is 12.2 Å². The molecule has 164 valence electrons. The van der Waals surface area contributed by atoms with E-state index in [1.165, 1.54) is 11.1 Å². The number of nitrogens with zero attached hydrogens (tertiary/aromatic N) is 5. The average molecular weight is 414 g/mol. The van der Waals surface area contributed by atoms with Crippen LogP contribution in [0, 0.1) is 0 Å². The number of hydrogen-bond acceptors (Lipinski definition) is 5. The minimum absolute atomic E-state index is 0.301. The number of rotatable bonds is 8. The second-order valence-electron chi connectivity index (χ2n) is 7.91. The molecule has 0 saturated carbocycles. The van der Waals surface area contributed by atoms with Gasteiger partial charge in [0.15, 0.2) is 5.96 Å². The maximum absolute atomic E-state index is 5.82. The third-order valence-corrected chi connectivity index (χ3v) is 5.27. The van der Waals surface area contributed by atoms with E-state index in [0.29, 0.717) is 12.2 Å². The first-order valence-electron chi connectivity index (χ1n) is 10.8. The van der Waals surface area contributed by atoms with Crippen LogP contribution < -0.4 is 10.6 Å². The topological polar surface area (TPSA) is 79.6 Å². The third-order valence-electron chi connectivity index (χ3n) is 5.27. The molecule has 8 heteroatoms. The van der Waals surface area contributed by atoms with Crippen LogP contribution in [0.4, 0.5) is 0 Å². The van der Waals surface area contributed by atoms with Crippen LogP contribution in [0.1, 0.15) is 37.7 Å². The van der Waals surface area contributed by atoms with Crippen molar-refractivity contribution in [2.24, 2.45) is 4.99 Å². The number of ether oxygens (including phenoxy) is 1. The maximum atomic E-state index is 5.82. The van der Waals surface area contributed by atoms with E-state index in [4.69, 9.17) is 4.74 Å². The van der Waals surface area contributed by atoms with E-state index >= 15 is 0 Å². The number of guanidine groups is 1. The van der Waals surface area contributed by atoms with Crippen LogP contribution in [-0.4, -0.2) is 64.5 Å². The Hall–Kier alpha value is -2.45. The summed E-state index contributed by atoms with van der Waals surface area (Å²) in [6.45, 7) is 11.6. The van der Waals surface area contributed by atoms with Gasteiger partial charge in [-0.2, -0.15) is 0 Å². The Morgan fingerprint density at radius 1 is 1.13 bits per heavy atom. The van der Waals surface area contributed by atoms with E-state index in [0.717, 1.165) is 57.5 Å². The Morgan fingerprint density at radius 3 is 2.50 bits per heavy atom. The van der Waals surface area contributed by atoms with Crippen LogP contribution in [0.25, 0.3) is 0 Å². The van der Waals surface area contributed by atoms with Gasteiger partial charge in [0.1, 0.15) is 12.2 Å². The fourth-order valence-electron chi connectivity index (χ4n) is 3.87. The summed E-state index contributed by atoms with van der Waals surface area (Å²) in [5.74, 6) is 1.79. The fraction of sp³-hybridized carbons (Fsp3) is 0.591. The van der Waals surface area contributed by atoms with Crippen LogP contribution in [0.5, 0.6) is 0 Å². The fourth-order valence-corrected chi connectivity index (χ4v) is 3.87. The van der Waals surface area contributed by atoms with Crippen molar-refractivity contribution in [3.8, 4) is 0 Å². The van der Waals surface area contributed by atoms with Crippen LogP contribution in [0.2, 0.25) is 0 Å². The van der Waals surface area contributed by atoms with Gasteiger partial charge in [0.25, 0.3) is 0 Å². The van der Waals surface area contributed by atoms with Gasteiger partial charge >= 0.3 is 0 Å². The summed E-state index contributed by atoms with van der Waals surface area (Å²) in [6.07, 6.45) is 3.26. The van der Waals surface area contributed by atoms with Gasteiger partial charge in [0.2, 0.25) is 0 Å². The molecule has 1 saturated heterocycles. The van der Waals surface area contributed by atoms with Gasteiger partial charge in [-0.3, -0.25) is 9.89 Å². The number of benzene rings is 1. The Morgan fingerprint density at radius 2 is 1.83 bits per heavy atom. The average Bonchev–Trinajstić information content (AvgIpc) is 3.18. The van der Waals surface area contributed by atoms with Gasteiger partial charge in [-0.1, -0.05) is 31.2 Å². The molecule has 1 fully saturated rings. The van der Waals surface area contributed by atoms with Crippen LogP contribution in [-0.2, 0) is 30.8 Å². The molecule has 2 atom stereocenters. The molecule has 0 amide bonds. The molecule has 0 bridgehead atoms. The molecule has 2 heterocycles. The van der Waals surface area contributed by atoms with Crippen molar-refractivity contribution in [1.82, 2.24) is 30.3 Å². The number of morpholine rings is 1. The first kappa shape index (κ1) is 22.2. The van der Waals surface area contributed by atoms with E-state index in [1.54, 1.807) is 13.4 Å². The van der Waals surface area contributed by atoms with Crippen molar-refractivity contribution >= 4 is 5.96 Å². The zero-order chi connectivity index (χ0) is 21.3. The van der Waals surface area contributed by atoms with Crippen molar-refractivity contribution in [3.63, 3.8) is 0 Å². The third kappa shape index (κ3) is 6.53. The molecule has 2 N–H and O–H groups in total. The quantitative estimate of drug-likeness (QED) is 0.508. The van der Waals surface area contributed by atoms with E-state index in [-0.39, 0.29) is 0 Å². The molecule has 1 aliphatic rings. The van der Waals surface area contributed by atoms with Gasteiger partial charge in [-0.25, -0.2) is 0 Å². The lowest BCUT2D eigenvalue weighted by Gasteiger charge is -2.35. The van der Waals surface area contributed by atoms with E-state index in [9.17, 15) is 0 Å². The van der Waals surface area contributed by atoms with Crippen molar-refractivity contribution < 1.29 is 4.74 Å². The van der Waals surface area contributed by atoms with E-state index < -0.39 is 0 Å². The highest BCUT2D eigenvalue weighted by Gasteiger charge is 2.21. The number of aryl methyl sites for hydroxylation is 1. The van der Waals surface area contributed by atoms with Gasteiger partial charge < -0.3 is 19.9 Å². The predicted molar refractivity (Wildman–Crippen MR) is 119 cm³/mol. The Kier molecular flexibility index (Phi) is 8.21. The van der Waals surface area contributed by atoms with Crippen LogP contribution in [0.3, 0.4) is 0 Å². The van der Waals surface area contributed by atoms with E-state index in [1.807, 2.05) is 0 Å². The highest BCUT2D eigenvalue weighted by molar-refractivity contribution is 5.79. The molecule has 0 spiro atoms. The molecule has 1 aromatic carbocycles. The van der Waals surface area contributed by atoms with Crippen LogP contribution >= 0.6 is 0 Å². The largest absolute Gasteiger partial charge is 0.373 e. The molecular formula is C22H35N7O. The van der Waals surface area contributed by atoms with Crippen molar-refractivity contribution in [2.45, 2.75) is 59.0 Å². The van der Waals surface area contributed by atoms with Crippen LogP contribution in [0.15, 0.2) is 35.6 Å². The first-order chi connectivity index (χ1) is 14.6. The molecule has 3 rings (SSSR count). The molecule has 0 aliphatic carbocycles. The Balaban J connectivity index is 1.42. The maximum Gasteiger partial charge on any atom is 0.191 e. The van der Waals surface area contributed by atoms with Gasteiger partial charge in [0, 0.05) is 52.7 Å². The molecule has 30 heavy (non-hydrogen) atoms. The van der Waals surface area contributed by atoms with Gasteiger partial charge in [-0.15, -0.1) is 10.2 Å². The summed E-state index contributed by atoms with van der Waals surface area (Å²) in [4.78, 5) is 6.78. The highest BCUT2D eigenvalue weighted by Crippen LogP contribution is 2.14. The van der Waals surface area contributed by atoms with Crippen molar-refractivity contribution in [3.05, 3.63) is 47.5 Å². The predicted octanol–water partition coefficient (Wildman–Crippen LogP) is 1.81. The molecule has 8 nitrogen and oxygen atoms in total. The highest BCUT2D eigenvalue weighted by atomic mass is 16.5. The smallest absolute Gasteiger partial charge is 0.191 e. The summed E-state index contributed by atoms with van der Waals surface area (Å²) in [5, 5.41) is 14.8. The summed E-state index contributed by atoms with van der Waals surface area (Å²) >= 11 is 0. The summed E-state index contributed by atoms with van der Waals surface area (Å²) < 4.78 is 7.89. The lowest BCUT2D eigenvalue weighted by molar-refractivity contribution is -0.0704. The monoisotopic (exact) mass is 413 g/mol. The standard InChI is InChI=1S/C22H35N7O/c1-5-21-27-26-16-29(21)11-10-24-22(23-4)25-12-19-6-8-20(9-7-19)15-28-13-17(2)30-18(3)14-28/h6-9,16-18H,5,10-15H2,1-4H3,(H2,23,24,25). The van der Waals surface area contributed by atoms with Crippen molar-refractivity contribution in [1.29, 1.82) is 0 Å². The zero-order valence-electron chi connectivity index (χ0n) is 18.6. The Bertz CT molecular complexity index is 792. The second-order valence-corrected chi connectivity index (χ2v) is 7.91. The number of hydrogen-bond donors (Lipinski definition) is 2. The normalized spacial score (nSPS) is 20.3. The molecule has 1 aliphatic heterocycles. The SMILES string of the molecule is CCc1nncn1CCNC(=NC)NCc1ccc(CN2CC(C)OC(C)C2)cc1. The molecular weight excluding hydrogens is 378 g/mol. The number of aromatic nitrogens is 3. The van der Waals surface area contributed by atoms with Crippen molar-refractivity contribution in [2.75, 3.05) is 26.7 Å². The minimum Gasteiger partial charge on any atom is -0.373 e. The van der Waals surface area contributed by atoms with Gasteiger partial charge in [-0.05, 0) is 25.0 Å². The first-order valence-corrected chi connectivity index (χ1v) is 10.8. The summed E-state index contributed by atoms with van der Waals surface area (Å²) in [6, 6.07) is 8.81. The number of nitrogens with one attached hydrogen (secondary N) is 2. The molecule has 2 aromatic rings. The number of aliphatic imine (C=N–C) groups is 1. The molecule has 2 unspecified atom stereocenters. The molecule has 1 aromatic heterocycles. The lowest BCUT2D eigenvalue weighted by Crippen LogP contribution is -2.44. The molecule has 0 radical (unpaired) electrons. The summed E-state index contributed by atoms with van der Waals surface area (Å²) in [5.41, 5.74) is 2.57.